The summed E-state index contributed by atoms with van der Waals surface area (Å²) >= 11 is 2.17. The minimum Gasteiger partial charge on any atom is -0.355 e. The molecule has 2 rings (SSSR count). The zero-order valence-corrected chi connectivity index (χ0v) is 11.5. The molecule has 2 aromatic rings. The van der Waals surface area contributed by atoms with Crippen LogP contribution in [0.3, 0.4) is 0 Å². The van der Waals surface area contributed by atoms with E-state index in [1.165, 1.54) is 0 Å². The Bertz CT molecular complexity index is 558. The van der Waals surface area contributed by atoms with Crippen LogP contribution < -0.4 is 10.8 Å². The van der Waals surface area contributed by atoms with Crippen LogP contribution in [0.2, 0.25) is 0 Å². The second kappa shape index (κ2) is 5.83. The number of rotatable bonds is 3. The Balaban J connectivity index is 2.36. The fourth-order valence-electron chi connectivity index (χ4n) is 1.56. The maximum Gasteiger partial charge on any atom is 0.276 e. The van der Waals surface area contributed by atoms with Crippen LogP contribution in [0.5, 0.6) is 0 Å². The van der Waals surface area contributed by atoms with E-state index in [4.69, 9.17) is 5.21 Å². The summed E-state index contributed by atoms with van der Waals surface area (Å²) in [4.78, 5) is 11.5. The van der Waals surface area contributed by atoms with Gasteiger partial charge in [-0.25, -0.2) is 5.48 Å². The number of carbonyl (C=O) groups is 1. The first kappa shape index (κ1) is 12.8. The van der Waals surface area contributed by atoms with E-state index in [9.17, 15) is 4.79 Å². The summed E-state index contributed by atoms with van der Waals surface area (Å²) in [7, 11) is 0. The van der Waals surface area contributed by atoms with E-state index in [-0.39, 0.29) is 0 Å². The van der Waals surface area contributed by atoms with Crippen molar-refractivity contribution >= 4 is 39.9 Å². The van der Waals surface area contributed by atoms with Gasteiger partial charge in [-0.05, 0) is 52.9 Å². The lowest BCUT2D eigenvalue weighted by Crippen LogP contribution is -2.19. The van der Waals surface area contributed by atoms with Crippen molar-refractivity contribution < 1.29 is 10.0 Å². The third kappa shape index (κ3) is 2.99. The number of amides is 1. The van der Waals surface area contributed by atoms with Crippen molar-refractivity contribution in [2.24, 2.45) is 0 Å². The van der Waals surface area contributed by atoms with Crippen molar-refractivity contribution in [3.8, 4) is 0 Å². The highest BCUT2D eigenvalue weighted by Crippen LogP contribution is 2.23. The lowest BCUT2D eigenvalue weighted by molar-refractivity contribution is 0.0707. The van der Waals surface area contributed by atoms with Gasteiger partial charge in [0.05, 0.1) is 11.3 Å². The van der Waals surface area contributed by atoms with Gasteiger partial charge in [-0.1, -0.05) is 18.2 Å². The molecule has 0 aliphatic rings. The molecule has 0 heterocycles. The SMILES string of the molecule is O=C(NO)c1ccc(I)cc1Nc1ccccc1. The normalized spacial score (nSPS) is 9.89. The quantitative estimate of drug-likeness (QED) is 0.451. The van der Waals surface area contributed by atoms with Crippen molar-refractivity contribution in [1.29, 1.82) is 0 Å². The molecule has 0 saturated carbocycles. The first-order valence-corrected chi connectivity index (χ1v) is 6.34. The maximum absolute atomic E-state index is 11.5. The van der Waals surface area contributed by atoms with Gasteiger partial charge in [0.2, 0.25) is 0 Å². The molecule has 0 spiro atoms. The smallest absolute Gasteiger partial charge is 0.276 e. The molecule has 0 aromatic heterocycles. The van der Waals surface area contributed by atoms with Crippen molar-refractivity contribution in [3.05, 3.63) is 57.7 Å². The minimum absolute atomic E-state index is 0.391. The highest BCUT2D eigenvalue weighted by molar-refractivity contribution is 14.1. The van der Waals surface area contributed by atoms with Gasteiger partial charge in [0.15, 0.2) is 0 Å². The van der Waals surface area contributed by atoms with E-state index in [1.807, 2.05) is 36.4 Å². The van der Waals surface area contributed by atoms with Crippen LogP contribution in [-0.4, -0.2) is 11.1 Å². The van der Waals surface area contributed by atoms with E-state index in [0.29, 0.717) is 11.3 Å². The number of hydrogen-bond donors (Lipinski definition) is 3. The lowest BCUT2D eigenvalue weighted by Gasteiger charge is -2.11. The second-order valence-electron chi connectivity index (χ2n) is 3.62. The summed E-state index contributed by atoms with van der Waals surface area (Å²) in [6.45, 7) is 0. The van der Waals surface area contributed by atoms with E-state index in [2.05, 4.69) is 27.9 Å². The molecular weight excluding hydrogens is 343 g/mol. The van der Waals surface area contributed by atoms with Gasteiger partial charge < -0.3 is 5.32 Å². The Morgan fingerprint density at radius 1 is 1.11 bits per heavy atom. The van der Waals surface area contributed by atoms with Crippen molar-refractivity contribution in [3.63, 3.8) is 0 Å². The Morgan fingerprint density at radius 3 is 2.50 bits per heavy atom. The average Bonchev–Trinajstić information content (AvgIpc) is 2.39. The summed E-state index contributed by atoms with van der Waals surface area (Å²) in [5, 5.41) is 11.9. The summed E-state index contributed by atoms with van der Waals surface area (Å²) in [6, 6.07) is 14.9. The first-order valence-electron chi connectivity index (χ1n) is 5.27. The van der Waals surface area contributed by atoms with Crippen LogP contribution in [0.15, 0.2) is 48.5 Å². The van der Waals surface area contributed by atoms with E-state index < -0.39 is 5.91 Å². The van der Waals surface area contributed by atoms with E-state index in [0.717, 1.165) is 9.26 Å². The number of hydroxylamine groups is 1. The van der Waals surface area contributed by atoms with Crippen LogP contribution in [0, 0.1) is 3.57 Å². The van der Waals surface area contributed by atoms with E-state index >= 15 is 0 Å². The minimum atomic E-state index is -0.537. The first-order chi connectivity index (χ1) is 8.70. The molecule has 0 aliphatic carbocycles. The summed E-state index contributed by atoms with van der Waals surface area (Å²) in [6.07, 6.45) is 0. The Labute approximate surface area is 118 Å². The summed E-state index contributed by atoms with van der Waals surface area (Å²) in [5.41, 5.74) is 3.57. The molecule has 0 aliphatic heterocycles. The van der Waals surface area contributed by atoms with Crippen LogP contribution in [0.25, 0.3) is 0 Å². The number of halogens is 1. The van der Waals surface area contributed by atoms with Gasteiger partial charge in [-0.3, -0.25) is 10.0 Å². The molecule has 0 unspecified atom stereocenters. The van der Waals surface area contributed by atoms with Gasteiger partial charge >= 0.3 is 0 Å². The maximum atomic E-state index is 11.5. The fourth-order valence-corrected chi connectivity index (χ4v) is 2.05. The van der Waals surface area contributed by atoms with Gasteiger partial charge in [-0.15, -0.1) is 0 Å². The number of anilines is 2. The zero-order valence-electron chi connectivity index (χ0n) is 9.35. The molecule has 2 aromatic carbocycles. The van der Waals surface area contributed by atoms with Crippen molar-refractivity contribution in [2.75, 3.05) is 5.32 Å². The van der Waals surface area contributed by atoms with Crippen molar-refractivity contribution in [2.45, 2.75) is 0 Å². The number of benzene rings is 2. The molecule has 92 valence electrons. The number of carbonyl (C=O) groups excluding carboxylic acids is 1. The Kier molecular flexibility index (Phi) is 4.16. The third-order valence-corrected chi connectivity index (χ3v) is 3.05. The van der Waals surface area contributed by atoms with Crippen LogP contribution in [-0.2, 0) is 0 Å². The lowest BCUT2D eigenvalue weighted by atomic mass is 10.1. The summed E-state index contributed by atoms with van der Waals surface area (Å²) in [5.74, 6) is -0.537. The highest BCUT2D eigenvalue weighted by atomic mass is 127. The molecule has 18 heavy (non-hydrogen) atoms. The predicted molar refractivity (Wildman–Crippen MR) is 78.1 cm³/mol. The molecule has 3 N–H and O–H groups in total. The van der Waals surface area contributed by atoms with Gasteiger partial charge in [0.1, 0.15) is 0 Å². The van der Waals surface area contributed by atoms with Crippen LogP contribution in [0.1, 0.15) is 10.4 Å². The topological polar surface area (TPSA) is 61.4 Å². The largest absolute Gasteiger partial charge is 0.355 e. The third-order valence-electron chi connectivity index (χ3n) is 2.38. The van der Waals surface area contributed by atoms with Crippen LogP contribution in [0.4, 0.5) is 11.4 Å². The van der Waals surface area contributed by atoms with Gasteiger partial charge in [-0.2, -0.15) is 0 Å². The standard InChI is InChI=1S/C13H11IN2O2/c14-9-6-7-11(13(17)16-18)12(8-9)15-10-4-2-1-3-5-10/h1-8,15,18H,(H,16,17). The second-order valence-corrected chi connectivity index (χ2v) is 4.87. The van der Waals surface area contributed by atoms with Gasteiger partial charge in [0.25, 0.3) is 5.91 Å². The van der Waals surface area contributed by atoms with E-state index in [1.54, 1.807) is 17.6 Å². The fraction of sp³-hybridized carbons (Fsp3) is 0. The Hall–Kier alpha value is -1.60. The molecule has 0 radical (unpaired) electrons. The van der Waals surface area contributed by atoms with Crippen molar-refractivity contribution in [1.82, 2.24) is 5.48 Å². The van der Waals surface area contributed by atoms with Crippen LogP contribution >= 0.6 is 22.6 Å². The summed E-state index contributed by atoms with van der Waals surface area (Å²) < 4.78 is 1.00. The number of para-hydroxylation sites is 1. The van der Waals surface area contributed by atoms with Gasteiger partial charge in [0, 0.05) is 9.26 Å². The Morgan fingerprint density at radius 2 is 1.83 bits per heavy atom. The molecule has 1 amide bonds. The zero-order chi connectivity index (χ0) is 13.0. The number of nitrogens with one attached hydrogen (secondary N) is 2. The number of hydrogen-bond acceptors (Lipinski definition) is 3. The highest BCUT2D eigenvalue weighted by Gasteiger charge is 2.11. The predicted octanol–water partition coefficient (Wildman–Crippen LogP) is 3.15. The molecule has 0 bridgehead atoms. The average molecular weight is 354 g/mol. The molecule has 4 nitrogen and oxygen atoms in total. The molecule has 0 saturated heterocycles. The molecule has 0 atom stereocenters. The molecule has 5 heteroatoms. The monoisotopic (exact) mass is 354 g/mol. The molecule has 0 fully saturated rings. The molecular formula is C13H11IN2O2.